The summed E-state index contributed by atoms with van der Waals surface area (Å²) in [5.74, 6) is 2.59. The molecule has 1 amide bonds. The third kappa shape index (κ3) is 3.91. The molecule has 6 nitrogen and oxygen atoms in total. The minimum Gasteiger partial charge on any atom is -0.354 e. The first-order valence-corrected chi connectivity index (χ1v) is 13.0. The molecule has 0 atom stereocenters. The second-order valence-electron chi connectivity index (χ2n) is 8.18. The number of carbonyl (C=O) groups excluding carboxylic acids is 1. The second kappa shape index (κ2) is 8.60. The van der Waals surface area contributed by atoms with Gasteiger partial charge in [0.15, 0.2) is 0 Å². The molecule has 3 fully saturated rings. The molecule has 2 aliphatic heterocycles. The molecule has 0 bridgehead atoms. The minimum atomic E-state index is -0.145. The SMILES string of the molecule is Cc1ccc2nc(N3CCSCC3)c(/C=C3/SC(=S)N(C4CCCC4)C3=O)c(=O)n2c1. The lowest BCUT2D eigenvalue weighted by atomic mass is 10.2. The van der Waals surface area contributed by atoms with E-state index < -0.39 is 0 Å². The van der Waals surface area contributed by atoms with E-state index in [-0.39, 0.29) is 17.5 Å². The Morgan fingerprint density at radius 1 is 1.16 bits per heavy atom. The summed E-state index contributed by atoms with van der Waals surface area (Å²) < 4.78 is 2.19. The Hall–Kier alpha value is -1.84. The van der Waals surface area contributed by atoms with Crippen LogP contribution in [-0.4, -0.2) is 55.1 Å². The van der Waals surface area contributed by atoms with E-state index in [1.165, 1.54) is 11.8 Å². The molecule has 0 spiro atoms. The van der Waals surface area contributed by atoms with Gasteiger partial charge < -0.3 is 4.90 Å². The number of aromatic nitrogens is 2. The highest BCUT2D eigenvalue weighted by Crippen LogP contribution is 2.38. The summed E-state index contributed by atoms with van der Waals surface area (Å²) in [5.41, 5.74) is 1.94. The van der Waals surface area contributed by atoms with Crippen molar-refractivity contribution in [2.75, 3.05) is 29.5 Å². The zero-order chi connectivity index (χ0) is 21.5. The minimum absolute atomic E-state index is 0.0733. The lowest BCUT2D eigenvalue weighted by Crippen LogP contribution is -2.37. The van der Waals surface area contributed by atoms with E-state index in [9.17, 15) is 9.59 Å². The zero-order valence-electron chi connectivity index (χ0n) is 17.4. The molecule has 31 heavy (non-hydrogen) atoms. The normalized spacial score (nSPS) is 21.8. The van der Waals surface area contributed by atoms with Crippen molar-refractivity contribution in [3.63, 3.8) is 0 Å². The van der Waals surface area contributed by atoms with Crippen LogP contribution in [-0.2, 0) is 4.79 Å². The van der Waals surface area contributed by atoms with Crippen molar-refractivity contribution in [2.45, 2.75) is 38.6 Å². The maximum absolute atomic E-state index is 13.5. The number of nitrogens with zero attached hydrogens (tertiary/aromatic N) is 4. The van der Waals surface area contributed by atoms with Crippen LogP contribution in [0.3, 0.4) is 0 Å². The van der Waals surface area contributed by atoms with Gasteiger partial charge in [0.25, 0.3) is 11.5 Å². The molecule has 0 N–H and O–H groups in total. The first-order valence-electron chi connectivity index (χ1n) is 10.7. The fraction of sp³-hybridized carbons (Fsp3) is 0.455. The van der Waals surface area contributed by atoms with Gasteiger partial charge in [0.1, 0.15) is 15.8 Å². The lowest BCUT2D eigenvalue weighted by molar-refractivity contribution is -0.123. The number of hydrogen-bond acceptors (Lipinski definition) is 7. The van der Waals surface area contributed by atoms with Gasteiger partial charge >= 0.3 is 0 Å². The Kier molecular flexibility index (Phi) is 5.83. The third-order valence-corrected chi connectivity index (χ3v) is 8.36. The van der Waals surface area contributed by atoms with E-state index >= 15 is 0 Å². The molecule has 1 aliphatic carbocycles. The Labute approximate surface area is 195 Å². The van der Waals surface area contributed by atoms with E-state index in [1.54, 1.807) is 15.4 Å². The van der Waals surface area contributed by atoms with Gasteiger partial charge in [0.05, 0.1) is 10.5 Å². The van der Waals surface area contributed by atoms with Gasteiger partial charge in [-0.3, -0.25) is 18.9 Å². The molecule has 3 aliphatic rings. The van der Waals surface area contributed by atoms with Crippen LogP contribution in [0.1, 0.15) is 36.8 Å². The number of aryl methyl sites for hydroxylation is 1. The summed E-state index contributed by atoms with van der Waals surface area (Å²) >= 11 is 8.76. The molecule has 0 aromatic carbocycles. The molecule has 0 unspecified atom stereocenters. The number of thiocarbonyl (C=S) groups is 1. The number of rotatable bonds is 3. The summed E-state index contributed by atoms with van der Waals surface area (Å²) in [4.78, 5) is 36.1. The molecule has 2 aromatic heterocycles. The lowest BCUT2D eigenvalue weighted by Gasteiger charge is -2.28. The molecule has 5 rings (SSSR count). The number of anilines is 1. The Morgan fingerprint density at radius 3 is 2.65 bits per heavy atom. The highest BCUT2D eigenvalue weighted by Gasteiger charge is 2.38. The molecule has 162 valence electrons. The summed E-state index contributed by atoms with van der Waals surface area (Å²) in [6, 6.07) is 4.03. The molecule has 1 saturated carbocycles. The van der Waals surface area contributed by atoms with Crippen molar-refractivity contribution in [1.82, 2.24) is 14.3 Å². The fourth-order valence-corrected chi connectivity index (χ4v) is 6.76. The van der Waals surface area contributed by atoms with Gasteiger partial charge in [-0.1, -0.05) is 42.9 Å². The average molecular weight is 473 g/mol. The van der Waals surface area contributed by atoms with Crippen LogP contribution < -0.4 is 10.5 Å². The summed E-state index contributed by atoms with van der Waals surface area (Å²) in [6.07, 6.45) is 7.79. The van der Waals surface area contributed by atoms with Crippen LogP contribution >= 0.6 is 35.7 Å². The number of thioether (sulfide) groups is 2. The highest BCUT2D eigenvalue weighted by molar-refractivity contribution is 8.26. The summed E-state index contributed by atoms with van der Waals surface area (Å²) in [6.45, 7) is 3.63. The molecule has 4 heterocycles. The Morgan fingerprint density at radius 2 is 1.90 bits per heavy atom. The molecule has 9 heteroatoms. The van der Waals surface area contributed by atoms with Crippen LogP contribution in [0.2, 0.25) is 0 Å². The molecular weight excluding hydrogens is 448 g/mol. The third-order valence-electron chi connectivity index (χ3n) is 6.08. The van der Waals surface area contributed by atoms with Crippen molar-refractivity contribution >= 4 is 63.5 Å². The smallest absolute Gasteiger partial charge is 0.267 e. The largest absolute Gasteiger partial charge is 0.354 e. The molecule has 2 saturated heterocycles. The predicted octanol–water partition coefficient (Wildman–Crippen LogP) is 3.70. The van der Waals surface area contributed by atoms with Crippen LogP contribution in [0.5, 0.6) is 0 Å². The zero-order valence-corrected chi connectivity index (χ0v) is 19.8. The average Bonchev–Trinajstić information content (AvgIpc) is 3.39. The van der Waals surface area contributed by atoms with Crippen LogP contribution in [0.25, 0.3) is 11.7 Å². The molecular formula is C22H24N4O2S3. The van der Waals surface area contributed by atoms with E-state index in [4.69, 9.17) is 17.2 Å². The van der Waals surface area contributed by atoms with E-state index in [2.05, 4.69) is 4.90 Å². The number of carbonyl (C=O) groups is 1. The first kappa shape index (κ1) is 21.0. The number of hydrogen-bond donors (Lipinski definition) is 0. The van der Waals surface area contributed by atoms with Gasteiger partial charge in [-0.2, -0.15) is 11.8 Å². The van der Waals surface area contributed by atoms with Crippen LogP contribution in [0.4, 0.5) is 5.82 Å². The quantitative estimate of drug-likeness (QED) is 0.499. The van der Waals surface area contributed by atoms with Gasteiger partial charge in [-0.05, 0) is 37.5 Å². The maximum atomic E-state index is 13.5. The van der Waals surface area contributed by atoms with Gasteiger partial charge in [-0.15, -0.1) is 0 Å². The van der Waals surface area contributed by atoms with E-state index in [1.807, 2.05) is 37.0 Å². The topological polar surface area (TPSA) is 57.9 Å². The fourth-order valence-electron chi connectivity index (χ4n) is 4.48. The highest BCUT2D eigenvalue weighted by atomic mass is 32.2. The predicted molar refractivity (Wildman–Crippen MR) is 133 cm³/mol. The van der Waals surface area contributed by atoms with Crippen molar-refractivity contribution in [3.8, 4) is 0 Å². The molecule has 0 radical (unpaired) electrons. The van der Waals surface area contributed by atoms with Crippen molar-refractivity contribution < 1.29 is 4.79 Å². The van der Waals surface area contributed by atoms with Crippen LogP contribution in [0, 0.1) is 6.92 Å². The van der Waals surface area contributed by atoms with E-state index in [0.29, 0.717) is 26.3 Å². The maximum Gasteiger partial charge on any atom is 0.267 e. The van der Waals surface area contributed by atoms with Gasteiger partial charge in [-0.25, -0.2) is 4.98 Å². The van der Waals surface area contributed by atoms with Crippen LogP contribution in [0.15, 0.2) is 28.0 Å². The number of pyridine rings is 1. The Balaban J connectivity index is 1.62. The second-order valence-corrected chi connectivity index (χ2v) is 11.1. The molecule has 2 aromatic rings. The van der Waals surface area contributed by atoms with E-state index in [0.717, 1.165) is 55.8 Å². The van der Waals surface area contributed by atoms with Gasteiger partial charge in [0.2, 0.25) is 0 Å². The van der Waals surface area contributed by atoms with Gasteiger partial charge in [0, 0.05) is 36.8 Å². The van der Waals surface area contributed by atoms with Crippen molar-refractivity contribution in [1.29, 1.82) is 0 Å². The first-order chi connectivity index (χ1) is 15.0. The standard InChI is InChI=1S/C22H24N4O2S3/c1-14-6-7-18-23-19(24-8-10-30-11-9-24)16(20(27)25(18)13-14)12-17-21(28)26(22(29)31-17)15-4-2-3-5-15/h6-7,12-13,15H,2-5,8-11H2,1H3/b17-12+. The number of fused-ring (bicyclic) bond motifs is 1. The Bertz CT molecular complexity index is 1150. The number of amides is 1. The summed E-state index contributed by atoms with van der Waals surface area (Å²) in [5, 5.41) is 0. The summed E-state index contributed by atoms with van der Waals surface area (Å²) in [7, 11) is 0. The van der Waals surface area contributed by atoms with Crippen molar-refractivity contribution in [2.24, 2.45) is 0 Å². The monoisotopic (exact) mass is 472 g/mol. The van der Waals surface area contributed by atoms with Crippen molar-refractivity contribution in [3.05, 3.63) is 44.7 Å².